The number of nitrogens with zero attached hydrogens (tertiary/aromatic N) is 3. The quantitative estimate of drug-likeness (QED) is 0.865. The van der Waals surface area contributed by atoms with Crippen LogP contribution in [-0.2, 0) is 21.8 Å². The molecule has 3 atom stereocenters. The predicted molar refractivity (Wildman–Crippen MR) is 80.1 cm³/mol. The van der Waals surface area contributed by atoms with Crippen LogP contribution >= 0.6 is 11.6 Å². The third-order valence-electron chi connectivity index (χ3n) is 4.54. The summed E-state index contributed by atoms with van der Waals surface area (Å²) in [5, 5.41) is 14.2. The molecule has 1 aromatic heterocycles. The number of aromatic nitrogens is 2. The third-order valence-corrected chi connectivity index (χ3v) is 6.97. The van der Waals surface area contributed by atoms with Crippen molar-refractivity contribution >= 4 is 21.6 Å². The lowest BCUT2D eigenvalue weighted by molar-refractivity contribution is -0.0149. The van der Waals surface area contributed by atoms with Crippen molar-refractivity contribution in [3.8, 4) is 0 Å². The van der Waals surface area contributed by atoms with Crippen molar-refractivity contribution in [2.75, 3.05) is 19.8 Å². The molecule has 0 unspecified atom stereocenters. The topological polar surface area (TPSA) is 84.7 Å². The molecule has 0 aromatic carbocycles. The van der Waals surface area contributed by atoms with Gasteiger partial charge in [0, 0.05) is 19.5 Å². The Morgan fingerprint density at radius 2 is 2.23 bits per heavy atom. The van der Waals surface area contributed by atoms with Crippen LogP contribution in [0.2, 0.25) is 5.02 Å². The predicted octanol–water partition coefficient (Wildman–Crippen LogP) is 0.624. The molecule has 3 rings (SSSR count). The monoisotopic (exact) mass is 349 g/mol. The summed E-state index contributed by atoms with van der Waals surface area (Å²) in [7, 11) is -2.23. The summed E-state index contributed by atoms with van der Waals surface area (Å²) in [6, 6.07) is -0.359. The average molecular weight is 350 g/mol. The second-order valence-electron chi connectivity index (χ2n) is 5.84. The molecule has 1 N–H and O–H groups in total. The number of rotatable bonds is 3. The van der Waals surface area contributed by atoms with Gasteiger partial charge in [0.2, 0.25) is 0 Å². The first-order valence-electron chi connectivity index (χ1n) is 7.38. The zero-order valence-electron chi connectivity index (χ0n) is 12.4. The Morgan fingerprint density at radius 1 is 1.45 bits per heavy atom. The van der Waals surface area contributed by atoms with Crippen molar-refractivity contribution in [3.05, 3.63) is 11.2 Å². The van der Waals surface area contributed by atoms with Crippen LogP contribution in [-0.4, -0.2) is 59.5 Å². The molecular formula is C13H20ClN3O4S. The number of halogens is 1. The van der Waals surface area contributed by atoms with Gasteiger partial charge in [-0.2, -0.15) is 9.40 Å². The van der Waals surface area contributed by atoms with Crippen LogP contribution < -0.4 is 0 Å². The summed E-state index contributed by atoms with van der Waals surface area (Å²) in [6.45, 7) is 0.905. The Bertz CT molecular complexity index is 628. The van der Waals surface area contributed by atoms with Crippen LogP contribution in [0.1, 0.15) is 19.3 Å². The summed E-state index contributed by atoms with van der Waals surface area (Å²) in [5.41, 5.74) is 0. The van der Waals surface area contributed by atoms with E-state index < -0.39 is 16.1 Å². The Balaban J connectivity index is 1.96. The molecule has 2 heterocycles. The van der Waals surface area contributed by atoms with Crippen molar-refractivity contribution < 1.29 is 18.3 Å². The van der Waals surface area contributed by atoms with Crippen LogP contribution in [0.15, 0.2) is 11.2 Å². The van der Waals surface area contributed by atoms with Gasteiger partial charge < -0.3 is 9.84 Å². The minimum atomic E-state index is -3.78. The number of hydrogen-bond donors (Lipinski definition) is 1. The normalized spacial score (nSPS) is 30.8. The molecule has 0 amide bonds. The molecule has 0 radical (unpaired) electrons. The first-order chi connectivity index (χ1) is 10.4. The van der Waals surface area contributed by atoms with Gasteiger partial charge in [0.05, 0.1) is 36.6 Å². The van der Waals surface area contributed by atoms with Gasteiger partial charge in [-0.15, -0.1) is 0 Å². The summed E-state index contributed by atoms with van der Waals surface area (Å²) in [5.74, 6) is -0.0953. The Labute approximate surface area is 134 Å². The molecule has 0 bridgehead atoms. The zero-order chi connectivity index (χ0) is 15.9. The Kier molecular flexibility index (Phi) is 4.48. The Hall–Kier alpha value is -0.670. The number of aryl methyl sites for hydroxylation is 1. The maximum atomic E-state index is 13.0. The van der Waals surface area contributed by atoms with Gasteiger partial charge in [-0.1, -0.05) is 18.0 Å². The molecule has 2 fully saturated rings. The van der Waals surface area contributed by atoms with Crippen molar-refractivity contribution in [1.29, 1.82) is 0 Å². The van der Waals surface area contributed by atoms with Crippen LogP contribution in [0.5, 0.6) is 0 Å². The summed E-state index contributed by atoms with van der Waals surface area (Å²) < 4.78 is 34.2. The van der Waals surface area contributed by atoms with E-state index in [9.17, 15) is 13.5 Å². The van der Waals surface area contributed by atoms with Gasteiger partial charge in [-0.05, 0) is 12.8 Å². The number of aliphatic hydroxyl groups excluding tert-OH is 1. The number of hydrogen-bond acceptors (Lipinski definition) is 5. The number of sulfonamides is 1. The minimum absolute atomic E-state index is 0.00597. The standard InChI is InChI=1S/C13H20ClN3O4S/c1-16-13(10(14)7-15-16)22(19,20)17-5-6-21-8-11(17)9-3-2-4-12(9)18/h7,9,11-12,18H,2-6,8H2,1H3/t9-,11-,12-/m1/s1. The fraction of sp³-hybridized carbons (Fsp3) is 0.769. The van der Waals surface area contributed by atoms with Gasteiger partial charge in [0.1, 0.15) is 0 Å². The second kappa shape index (κ2) is 6.09. The van der Waals surface area contributed by atoms with E-state index in [0.717, 1.165) is 12.8 Å². The SMILES string of the molecule is Cn1ncc(Cl)c1S(=O)(=O)N1CCOC[C@@H]1[C@H]1CCC[C@H]1O. The fourth-order valence-corrected chi connectivity index (χ4v) is 5.71. The molecular weight excluding hydrogens is 330 g/mol. The van der Waals surface area contributed by atoms with Gasteiger partial charge in [0.25, 0.3) is 10.0 Å². The number of ether oxygens (including phenoxy) is 1. The second-order valence-corrected chi connectivity index (χ2v) is 8.05. The van der Waals surface area contributed by atoms with Crippen LogP contribution in [0.25, 0.3) is 0 Å². The highest BCUT2D eigenvalue weighted by Crippen LogP contribution is 2.35. The summed E-state index contributed by atoms with van der Waals surface area (Å²) in [6.07, 6.45) is 3.27. The van der Waals surface area contributed by atoms with E-state index >= 15 is 0 Å². The smallest absolute Gasteiger partial charge is 0.262 e. The molecule has 124 valence electrons. The molecule has 1 saturated carbocycles. The molecule has 1 aliphatic carbocycles. The molecule has 1 aliphatic heterocycles. The average Bonchev–Trinajstić information content (AvgIpc) is 3.05. The Morgan fingerprint density at radius 3 is 2.82 bits per heavy atom. The zero-order valence-corrected chi connectivity index (χ0v) is 13.9. The van der Waals surface area contributed by atoms with Gasteiger partial charge in [-0.3, -0.25) is 4.68 Å². The lowest BCUT2D eigenvalue weighted by Gasteiger charge is -2.38. The van der Waals surface area contributed by atoms with Crippen molar-refractivity contribution in [2.45, 2.75) is 36.4 Å². The van der Waals surface area contributed by atoms with E-state index in [-0.39, 0.29) is 28.6 Å². The van der Waals surface area contributed by atoms with Crippen molar-refractivity contribution in [3.63, 3.8) is 0 Å². The molecule has 1 aromatic rings. The van der Waals surface area contributed by atoms with E-state index in [0.29, 0.717) is 19.6 Å². The van der Waals surface area contributed by atoms with E-state index in [1.807, 2.05) is 0 Å². The van der Waals surface area contributed by atoms with Crippen LogP contribution in [0, 0.1) is 5.92 Å². The van der Waals surface area contributed by atoms with E-state index in [1.165, 1.54) is 15.2 Å². The van der Waals surface area contributed by atoms with Crippen LogP contribution in [0.3, 0.4) is 0 Å². The summed E-state index contributed by atoms with van der Waals surface area (Å²) >= 11 is 6.02. The van der Waals surface area contributed by atoms with E-state index in [2.05, 4.69) is 5.10 Å². The highest BCUT2D eigenvalue weighted by molar-refractivity contribution is 7.89. The highest BCUT2D eigenvalue weighted by atomic mass is 35.5. The van der Waals surface area contributed by atoms with Crippen molar-refractivity contribution in [2.24, 2.45) is 13.0 Å². The fourth-order valence-electron chi connectivity index (χ4n) is 3.46. The maximum Gasteiger partial charge on any atom is 0.262 e. The largest absolute Gasteiger partial charge is 0.393 e. The van der Waals surface area contributed by atoms with Gasteiger partial charge in [-0.25, -0.2) is 8.42 Å². The lowest BCUT2D eigenvalue weighted by atomic mass is 9.96. The highest BCUT2D eigenvalue weighted by Gasteiger charge is 2.44. The molecule has 22 heavy (non-hydrogen) atoms. The van der Waals surface area contributed by atoms with Crippen LogP contribution in [0.4, 0.5) is 0 Å². The number of aliphatic hydroxyl groups is 1. The first-order valence-corrected chi connectivity index (χ1v) is 9.20. The lowest BCUT2D eigenvalue weighted by Crippen LogP contribution is -2.53. The third kappa shape index (κ3) is 2.67. The van der Waals surface area contributed by atoms with E-state index in [4.69, 9.17) is 16.3 Å². The first kappa shape index (κ1) is 16.2. The van der Waals surface area contributed by atoms with Crippen molar-refractivity contribution in [1.82, 2.24) is 14.1 Å². The molecule has 2 aliphatic rings. The molecule has 1 saturated heterocycles. The van der Waals surface area contributed by atoms with Gasteiger partial charge >= 0.3 is 0 Å². The molecule has 7 nitrogen and oxygen atoms in total. The molecule has 0 spiro atoms. The number of morpholine rings is 1. The molecule has 9 heteroatoms. The maximum absolute atomic E-state index is 13.0. The van der Waals surface area contributed by atoms with E-state index in [1.54, 1.807) is 7.05 Å². The van der Waals surface area contributed by atoms with Gasteiger partial charge in [0.15, 0.2) is 5.03 Å². The summed E-state index contributed by atoms with van der Waals surface area (Å²) in [4.78, 5) is 0. The minimum Gasteiger partial charge on any atom is -0.393 e.